The van der Waals surface area contributed by atoms with Gasteiger partial charge in [0.15, 0.2) is 11.5 Å². The van der Waals surface area contributed by atoms with Crippen molar-refractivity contribution in [1.82, 2.24) is 5.32 Å². The summed E-state index contributed by atoms with van der Waals surface area (Å²) in [6.45, 7) is 0. The van der Waals surface area contributed by atoms with Crippen LogP contribution in [-0.4, -0.2) is 18.2 Å². The minimum atomic E-state index is -3.68. The van der Waals surface area contributed by atoms with Crippen molar-refractivity contribution < 1.29 is 27.8 Å². The van der Waals surface area contributed by atoms with E-state index in [-0.39, 0.29) is 35.7 Å². The third-order valence-electron chi connectivity index (χ3n) is 7.14. The van der Waals surface area contributed by atoms with Crippen LogP contribution in [0.1, 0.15) is 54.6 Å². The maximum Gasteiger partial charge on any atom is 0.586 e. The molecule has 1 aliphatic carbocycles. The summed E-state index contributed by atoms with van der Waals surface area (Å²) >= 11 is 0. The Balaban J connectivity index is 1.23. The summed E-state index contributed by atoms with van der Waals surface area (Å²) in [6, 6.07) is 24.6. The van der Waals surface area contributed by atoms with E-state index in [4.69, 9.17) is 4.74 Å². The number of fused-ring (bicyclic) bond motifs is 1. The van der Waals surface area contributed by atoms with Crippen molar-refractivity contribution in [2.24, 2.45) is 0 Å². The topological polar surface area (TPSA) is 56.8 Å². The number of carbonyl (C=O) groups excluding carboxylic acids is 1. The fourth-order valence-corrected chi connectivity index (χ4v) is 5.15. The fraction of sp³-hybridized carbons (Fsp3) is 0.321. The molecule has 1 N–H and O–H groups in total. The molecule has 35 heavy (non-hydrogen) atoms. The van der Waals surface area contributed by atoms with Gasteiger partial charge in [0, 0.05) is 6.04 Å². The predicted octanol–water partition coefficient (Wildman–Crippen LogP) is 5.82. The van der Waals surface area contributed by atoms with E-state index >= 15 is 0 Å². The van der Waals surface area contributed by atoms with E-state index in [9.17, 15) is 13.6 Å². The molecule has 6 rings (SSSR count). The number of rotatable bonds is 5. The molecule has 7 heteroatoms. The molecule has 0 aromatic heterocycles. The Morgan fingerprint density at radius 3 is 1.94 bits per heavy atom. The Kier molecular flexibility index (Phi) is 5.25. The number of alkyl halides is 2. The number of halogens is 2. The molecule has 5 nitrogen and oxygen atoms in total. The van der Waals surface area contributed by atoms with E-state index in [1.165, 1.54) is 12.1 Å². The van der Waals surface area contributed by atoms with Crippen molar-refractivity contribution in [3.63, 3.8) is 0 Å². The van der Waals surface area contributed by atoms with Gasteiger partial charge in [-0.2, -0.15) is 0 Å². The van der Waals surface area contributed by atoms with Gasteiger partial charge >= 0.3 is 6.29 Å². The standard InChI is InChI=1S/C28H25F2NO4/c29-28(30)34-22-12-11-20(15-25(22)35-28)27(13-14-27)26(32)31-21-16-23(18-7-3-1-4-8-18)33-24(17-21)19-9-5-2-6-10-19/h1-12,15,21,23-24H,13-14,16-17H2,(H,31,32)/t21?,23-,24+. The molecule has 1 amide bonds. The zero-order valence-electron chi connectivity index (χ0n) is 19.0. The van der Waals surface area contributed by atoms with Gasteiger partial charge in [0.2, 0.25) is 5.91 Å². The average Bonchev–Trinajstić information content (AvgIpc) is 3.62. The Labute approximate surface area is 202 Å². The van der Waals surface area contributed by atoms with Crippen molar-refractivity contribution in [2.45, 2.75) is 55.6 Å². The molecule has 3 atom stereocenters. The summed E-state index contributed by atoms with van der Waals surface area (Å²) in [5.41, 5.74) is 2.08. The second kappa shape index (κ2) is 8.34. The van der Waals surface area contributed by atoms with E-state index in [1.54, 1.807) is 6.07 Å². The summed E-state index contributed by atoms with van der Waals surface area (Å²) in [7, 11) is 0. The highest BCUT2D eigenvalue weighted by atomic mass is 19.3. The highest BCUT2D eigenvalue weighted by Gasteiger charge is 2.53. The Bertz CT molecular complexity index is 1180. The minimum Gasteiger partial charge on any atom is -0.395 e. The number of hydrogen-bond acceptors (Lipinski definition) is 4. The monoisotopic (exact) mass is 477 g/mol. The Morgan fingerprint density at radius 1 is 0.800 bits per heavy atom. The van der Waals surface area contributed by atoms with Crippen LogP contribution in [0.3, 0.4) is 0 Å². The van der Waals surface area contributed by atoms with Gasteiger partial charge in [-0.3, -0.25) is 4.79 Å². The molecule has 1 saturated carbocycles. The molecule has 180 valence electrons. The van der Waals surface area contributed by atoms with Crippen molar-refractivity contribution >= 4 is 5.91 Å². The van der Waals surface area contributed by atoms with Crippen LogP contribution >= 0.6 is 0 Å². The lowest BCUT2D eigenvalue weighted by Gasteiger charge is -2.37. The van der Waals surface area contributed by atoms with Crippen LogP contribution in [-0.2, 0) is 14.9 Å². The van der Waals surface area contributed by atoms with Crippen LogP contribution in [0.25, 0.3) is 0 Å². The highest BCUT2D eigenvalue weighted by molar-refractivity contribution is 5.91. The number of carbonyl (C=O) groups is 1. The summed E-state index contributed by atoms with van der Waals surface area (Å²) in [5.74, 6) is -0.143. The zero-order chi connectivity index (χ0) is 24.0. The average molecular weight is 478 g/mol. The third kappa shape index (κ3) is 4.25. The van der Waals surface area contributed by atoms with Gasteiger partial charge in [-0.1, -0.05) is 66.7 Å². The zero-order valence-corrected chi connectivity index (χ0v) is 19.0. The first kappa shape index (κ1) is 22.0. The maximum absolute atomic E-state index is 13.5. The molecule has 0 bridgehead atoms. The molecule has 3 aliphatic rings. The van der Waals surface area contributed by atoms with Crippen molar-refractivity contribution in [3.8, 4) is 11.5 Å². The molecule has 3 aromatic rings. The normalized spacial score (nSPS) is 25.6. The predicted molar refractivity (Wildman–Crippen MR) is 124 cm³/mol. The first-order valence-electron chi connectivity index (χ1n) is 11.9. The Morgan fingerprint density at radius 2 is 1.37 bits per heavy atom. The lowest BCUT2D eigenvalue weighted by Crippen LogP contribution is -2.45. The number of benzene rings is 3. The summed E-state index contributed by atoms with van der Waals surface area (Å²) in [5, 5.41) is 3.26. The number of hydrogen-bond donors (Lipinski definition) is 1. The summed E-state index contributed by atoms with van der Waals surface area (Å²) in [4.78, 5) is 13.5. The van der Waals surface area contributed by atoms with Gasteiger partial charge in [0.1, 0.15) is 0 Å². The molecular weight excluding hydrogens is 452 g/mol. The van der Waals surface area contributed by atoms with Crippen LogP contribution in [0.15, 0.2) is 78.9 Å². The van der Waals surface area contributed by atoms with Crippen LogP contribution < -0.4 is 14.8 Å². The molecule has 2 fully saturated rings. The van der Waals surface area contributed by atoms with Gasteiger partial charge in [-0.05, 0) is 54.5 Å². The fourth-order valence-electron chi connectivity index (χ4n) is 5.15. The molecule has 2 aliphatic heterocycles. The third-order valence-corrected chi connectivity index (χ3v) is 7.14. The van der Waals surface area contributed by atoms with E-state index in [0.29, 0.717) is 31.2 Å². The van der Waals surface area contributed by atoms with Gasteiger partial charge in [-0.25, -0.2) is 0 Å². The summed E-state index contributed by atoms with van der Waals surface area (Å²) < 4.78 is 42.5. The van der Waals surface area contributed by atoms with E-state index in [0.717, 1.165) is 11.1 Å². The molecule has 0 radical (unpaired) electrons. The van der Waals surface area contributed by atoms with Gasteiger partial charge in [0.05, 0.1) is 17.6 Å². The summed E-state index contributed by atoms with van der Waals surface area (Å²) in [6.07, 6.45) is -1.36. The molecule has 3 aromatic carbocycles. The van der Waals surface area contributed by atoms with E-state index in [2.05, 4.69) is 14.8 Å². The lowest BCUT2D eigenvalue weighted by atomic mass is 9.89. The smallest absolute Gasteiger partial charge is 0.395 e. The molecule has 0 spiro atoms. The Hall–Kier alpha value is -3.45. The number of nitrogens with one attached hydrogen (secondary N) is 1. The van der Waals surface area contributed by atoms with Crippen LogP contribution in [0, 0.1) is 0 Å². The van der Waals surface area contributed by atoms with E-state index < -0.39 is 11.7 Å². The van der Waals surface area contributed by atoms with Crippen molar-refractivity contribution in [2.75, 3.05) is 0 Å². The molecule has 1 saturated heterocycles. The first-order chi connectivity index (χ1) is 16.9. The van der Waals surface area contributed by atoms with Gasteiger partial charge in [-0.15, -0.1) is 8.78 Å². The molecule has 1 unspecified atom stereocenters. The SMILES string of the molecule is O=C(NC1C[C@@H](c2ccccc2)O[C@@H](c2ccccc2)C1)C1(c2ccc3c(c2)OC(F)(F)O3)CC1. The van der Waals surface area contributed by atoms with Gasteiger partial charge < -0.3 is 19.5 Å². The lowest BCUT2D eigenvalue weighted by molar-refractivity contribution is -0.286. The number of amides is 1. The second-order valence-corrected chi connectivity index (χ2v) is 9.49. The van der Waals surface area contributed by atoms with Crippen molar-refractivity contribution in [1.29, 1.82) is 0 Å². The first-order valence-corrected chi connectivity index (χ1v) is 11.9. The molecule has 2 heterocycles. The largest absolute Gasteiger partial charge is 0.586 e. The minimum absolute atomic E-state index is 0.0178. The van der Waals surface area contributed by atoms with Gasteiger partial charge in [0.25, 0.3) is 0 Å². The second-order valence-electron chi connectivity index (χ2n) is 9.49. The van der Waals surface area contributed by atoms with Crippen molar-refractivity contribution in [3.05, 3.63) is 95.6 Å². The highest BCUT2D eigenvalue weighted by Crippen LogP contribution is 2.52. The van der Waals surface area contributed by atoms with Crippen LogP contribution in [0.5, 0.6) is 11.5 Å². The van der Waals surface area contributed by atoms with E-state index in [1.807, 2.05) is 60.7 Å². The maximum atomic E-state index is 13.5. The quantitative estimate of drug-likeness (QED) is 0.503. The molecular formula is C28H25F2NO4. The van der Waals surface area contributed by atoms with Crippen LogP contribution in [0.2, 0.25) is 0 Å². The number of ether oxygens (including phenoxy) is 3. The van der Waals surface area contributed by atoms with Crippen LogP contribution in [0.4, 0.5) is 8.78 Å².